The maximum absolute atomic E-state index is 10.6. The fourth-order valence-electron chi connectivity index (χ4n) is 3.60. The van der Waals surface area contributed by atoms with Gasteiger partial charge in [-0.2, -0.15) is 11.8 Å². The van der Waals surface area contributed by atoms with Gasteiger partial charge in [0.15, 0.2) is 5.96 Å². The van der Waals surface area contributed by atoms with Crippen molar-refractivity contribution in [2.75, 3.05) is 19.3 Å². The molecule has 0 bridgehead atoms. The maximum atomic E-state index is 10.6. The summed E-state index contributed by atoms with van der Waals surface area (Å²) in [5.74, 6) is 0.883. The zero-order valence-corrected chi connectivity index (χ0v) is 15.1. The number of aliphatic hydroxyl groups is 1. The van der Waals surface area contributed by atoms with E-state index in [9.17, 15) is 5.11 Å². The first-order chi connectivity index (χ1) is 10.6. The summed E-state index contributed by atoms with van der Waals surface area (Å²) in [6.07, 6.45) is 12.6. The van der Waals surface area contributed by atoms with Crippen molar-refractivity contribution in [2.45, 2.75) is 81.6 Å². The van der Waals surface area contributed by atoms with Gasteiger partial charge in [0.2, 0.25) is 0 Å². The third-order valence-electron chi connectivity index (χ3n) is 4.96. The highest BCUT2D eigenvalue weighted by Gasteiger charge is 2.29. The third kappa shape index (κ3) is 5.65. The molecule has 2 atom stereocenters. The summed E-state index contributed by atoms with van der Waals surface area (Å²) in [6.45, 7) is 3.49. The SMILES string of the molecule is CCNC(=NCC1(O)CCCCC1)NC1CCCC(SC)C1. The second kappa shape index (κ2) is 9.02. The molecule has 4 nitrogen and oxygen atoms in total. The van der Waals surface area contributed by atoms with Gasteiger partial charge in [-0.25, -0.2) is 0 Å². The Kier molecular flexibility index (Phi) is 7.35. The average molecular weight is 328 g/mol. The van der Waals surface area contributed by atoms with Crippen LogP contribution in [0.2, 0.25) is 0 Å². The summed E-state index contributed by atoms with van der Waals surface area (Å²) >= 11 is 1.99. The molecular formula is C17H33N3OS. The lowest BCUT2D eigenvalue weighted by atomic mass is 9.85. The Morgan fingerprint density at radius 2 is 2.00 bits per heavy atom. The Morgan fingerprint density at radius 1 is 1.23 bits per heavy atom. The Labute approximate surface area is 139 Å². The second-order valence-electron chi connectivity index (χ2n) is 6.85. The van der Waals surface area contributed by atoms with Gasteiger partial charge in [-0.1, -0.05) is 25.7 Å². The van der Waals surface area contributed by atoms with Gasteiger partial charge in [0.05, 0.1) is 12.1 Å². The van der Waals surface area contributed by atoms with E-state index in [0.717, 1.165) is 43.4 Å². The van der Waals surface area contributed by atoms with Crippen LogP contribution >= 0.6 is 11.8 Å². The largest absolute Gasteiger partial charge is 0.388 e. The van der Waals surface area contributed by atoms with Crippen LogP contribution < -0.4 is 10.6 Å². The van der Waals surface area contributed by atoms with Crippen LogP contribution in [-0.2, 0) is 0 Å². The van der Waals surface area contributed by atoms with Gasteiger partial charge < -0.3 is 15.7 Å². The molecule has 0 aromatic carbocycles. The highest BCUT2D eigenvalue weighted by molar-refractivity contribution is 7.99. The van der Waals surface area contributed by atoms with E-state index in [1.54, 1.807) is 0 Å². The Bertz CT molecular complexity index is 356. The summed E-state index contributed by atoms with van der Waals surface area (Å²) in [7, 11) is 0. The number of rotatable bonds is 5. The monoisotopic (exact) mass is 327 g/mol. The number of hydrogen-bond donors (Lipinski definition) is 3. The van der Waals surface area contributed by atoms with E-state index in [1.165, 1.54) is 32.1 Å². The molecule has 5 heteroatoms. The summed E-state index contributed by atoms with van der Waals surface area (Å²) in [5.41, 5.74) is -0.574. The van der Waals surface area contributed by atoms with Crippen molar-refractivity contribution in [2.24, 2.45) is 4.99 Å². The lowest BCUT2D eigenvalue weighted by Gasteiger charge is -2.32. The van der Waals surface area contributed by atoms with E-state index >= 15 is 0 Å². The summed E-state index contributed by atoms with van der Waals surface area (Å²) in [4.78, 5) is 4.69. The van der Waals surface area contributed by atoms with Gasteiger partial charge >= 0.3 is 0 Å². The number of thioether (sulfide) groups is 1. The molecule has 2 unspecified atom stereocenters. The summed E-state index contributed by atoms with van der Waals surface area (Å²) < 4.78 is 0. The van der Waals surface area contributed by atoms with E-state index in [4.69, 9.17) is 4.99 Å². The van der Waals surface area contributed by atoms with Crippen molar-refractivity contribution in [3.63, 3.8) is 0 Å². The van der Waals surface area contributed by atoms with Crippen molar-refractivity contribution in [1.29, 1.82) is 0 Å². The van der Waals surface area contributed by atoms with E-state index in [1.807, 2.05) is 11.8 Å². The molecule has 0 aromatic heterocycles. The minimum absolute atomic E-state index is 0.519. The highest BCUT2D eigenvalue weighted by atomic mass is 32.2. The van der Waals surface area contributed by atoms with Gasteiger partial charge in [0, 0.05) is 17.8 Å². The molecule has 22 heavy (non-hydrogen) atoms. The highest BCUT2D eigenvalue weighted by Crippen LogP contribution is 2.28. The molecule has 2 aliphatic rings. The first-order valence-corrected chi connectivity index (χ1v) is 10.2. The molecule has 0 saturated heterocycles. The molecule has 0 amide bonds. The minimum atomic E-state index is -0.574. The minimum Gasteiger partial charge on any atom is -0.388 e. The van der Waals surface area contributed by atoms with Crippen LogP contribution in [0, 0.1) is 0 Å². The molecule has 3 N–H and O–H groups in total. The van der Waals surface area contributed by atoms with Crippen LogP contribution in [0.3, 0.4) is 0 Å². The van der Waals surface area contributed by atoms with E-state index in [-0.39, 0.29) is 0 Å². The quantitative estimate of drug-likeness (QED) is 0.537. The zero-order valence-electron chi connectivity index (χ0n) is 14.2. The Morgan fingerprint density at radius 3 is 2.68 bits per heavy atom. The first kappa shape index (κ1) is 17.9. The Balaban J connectivity index is 1.89. The van der Waals surface area contributed by atoms with Crippen molar-refractivity contribution >= 4 is 17.7 Å². The molecule has 2 rings (SSSR count). The molecule has 0 spiro atoms. The van der Waals surface area contributed by atoms with Crippen molar-refractivity contribution in [1.82, 2.24) is 10.6 Å². The standard InChI is InChI=1S/C17H33N3OS/c1-3-18-16(19-13-17(21)10-5-4-6-11-17)20-14-8-7-9-15(12-14)22-2/h14-15,21H,3-13H2,1-2H3,(H2,18,19,20). The normalized spacial score (nSPS) is 29.1. The van der Waals surface area contributed by atoms with Crippen molar-refractivity contribution in [3.05, 3.63) is 0 Å². The van der Waals surface area contributed by atoms with Gasteiger partial charge in [0.25, 0.3) is 0 Å². The van der Waals surface area contributed by atoms with Gasteiger partial charge in [-0.05, 0) is 45.3 Å². The fourth-order valence-corrected chi connectivity index (χ4v) is 4.42. The van der Waals surface area contributed by atoms with E-state index in [0.29, 0.717) is 12.6 Å². The predicted octanol–water partition coefficient (Wildman–Crippen LogP) is 2.91. The van der Waals surface area contributed by atoms with E-state index < -0.39 is 5.60 Å². The number of guanidine groups is 1. The predicted molar refractivity (Wildman–Crippen MR) is 96.7 cm³/mol. The smallest absolute Gasteiger partial charge is 0.191 e. The summed E-state index contributed by atoms with van der Waals surface area (Å²) in [6, 6.07) is 0.519. The maximum Gasteiger partial charge on any atom is 0.191 e. The van der Waals surface area contributed by atoms with Crippen LogP contribution in [0.1, 0.15) is 64.7 Å². The number of hydrogen-bond acceptors (Lipinski definition) is 3. The topological polar surface area (TPSA) is 56.7 Å². The molecule has 0 aliphatic heterocycles. The van der Waals surface area contributed by atoms with Crippen molar-refractivity contribution in [3.8, 4) is 0 Å². The van der Waals surface area contributed by atoms with Crippen LogP contribution in [0.15, 0.2) is 4.99 Å². The van der Waals surface area contributed by atoms with Crippen LogP contribution in [0.4, 0.5) is 0 Å². The average Bonchev–Trinajstić information content (AvgIpc) is 2.54. The third-order valence-corrected chi connectivity index (χ3v) is 6.06. The molecule has 0 aromatic rings. The second-order valence-corrected chi connectivity index (χ2v) is 7.98. The number of nitrogens with one attached hydrogen (secondary N) is 2. The van der Waals surface area contributed by atoms with Crippen LogP contribution in [0.5, 0.6) is 0 Å². The first-order valence-electron chi connectivity index (χ1n) is 8.95. The lowest BCUT2D eigenvalue weighted by molar-refractivity contribution is 0.0131. The van der Waals surface area contributed by atoms with Crippen LogP contribution in [0.25, 0.3) is 0 Å². The molecule has 0 heterocycles. The molecule has 2 fully saturated rings. The Hall–Kier alpha value is -0.420. The molecule has 2 saturated carbocycles. The zero-order chi connectivity index (χ0) is 15.8. The summed E-state index contributed by atoms with van der Waals surface area (Å²) in [5, 5.41) is 18.3. The number of nitrogens with zero attached hydrogens (tertiary/aromatic N) is 1. The molecule has 128 valence electrons. The van der Waals surface area contributed by atoms with Gasteiger partial charge in [-0.3, -0.25) is 4.99 Å². The van der Waals surface area contributed by atoms with Gasteiger partial charge in [0.1, 0.15) is 0 Å². The van der Waals surface area contributed by atoms with Crippen molar-refractivity contribution < 1.29 is 5.11 Å². The fraction of sp³-hybridized carbons (Fsp3) is 0.941. The van der Waals surface area contributed by atoms with E-state index in [2.05, 4.69) is 23.8 Å². The number of aliphatic imine (C=N–C) groups is 1. The van der Waals surface area contributed by atoms with Gasteiger partial charge in [-0.15, -0.1) is 0 Å². The molecule has 0 radical (unpaired) electrons. The molecular weight excluding hydrogens is 294 g/mol. The molecule has 2 aliphatic carbocycles. The van der Waals surface area contributed by atoms with Crippen LogP contribution in [-0.4, -0.2) is 47.3 Å². The lowest BCUT2D eigenvalue weighted by Crippen LogP contribution is -2.46.